The summed E-state index contributed by atoms with van der Waals surface area (Å²) in [4.78, 5) is 93.3. The van der Waals surface area contributed by atoms with Gasteiger partial charge in [0.25, 0.3) is 27.8 Å². The molecule has 0 aliphatic heterocycles. The third kappa shape index (κ3) is 17.1. The van der Waals surface area contributed by atoms with Crippen LogP contribution >= 0.6 is 0 Å². The Labute approximate surface area is 658 Å². The van der Waals surface area contributed by atoms with Gasteiger partial charge >= 0.3 is 5.97 Å². The lowest BCUT2D eigenvalue weighted by molar-refractivity contribution is 0.0518. The van der Waals surface area contributed by atoms with Crippen LogP contribution in [0.4, 0.5) is 11.5 Å². The second-order valence-corrected chi connectivity index (χ2v) is 27.0. The first kappa shape index (κ1) is 79.8. The van der Waals surface area contributed by atoms with Crippen LogP contribution < -0.4 is 42.6 Å². The highest BCUT2D eigenvalue weighted by molar-refractivity contribution is 5.89. The average Bonchev–Trinajstić information content (AvgIpc) is 1.60. The molecule has 18 rings (SSSR count). The van der Waals surface area contributed by atoms with Crippen molar-refractivity contribution in [2.24, 2.45) is 0 Å². The quantitative estimate of drug-likeness (QED) is 0.0558. The van der Waals surface area contributed by atoms with Crippen molar-refractivity contribution in [2.45, 2.75) is 96.9 Å². The molecule has 8 N–H and O–H groups in total. The number of hydrogen-bond donors (Lipinski definition) is 8. The van der Waals surface area contributed by atoms with E-state index < -0.39 is 5.97 Å². The Morgan fingerprint density at radius 2 is 0.904 bits per heavy atom. The van der Waals surface area contributed by atoms with Crippen LogP contribution in [0.2, 0.25) is 0 Å². The Morgan fingerprint density at radius 1 is 0.417 bits per heavy atom. The van der Waals surface area contributed by atoms with Crippen LogP contribution in [0.15, 0.2) is 225 Å². The van der Waals surface area contributed by atoms with Crippen molar-refractivity contribution >= 4 is 67.4 Å². The van der Waals surface area contributed by atoms with Crippen LogP contribution in [0, 0.1) is 83.1 Å². The molecule has 0 radical (unpaired) electrons. The minimum atomic E-state index is -0.512. The summed E-state index contributed by atoms with van der Waals surface area (Å²) in [5.41, 5.74) is 21.5. The maximum atomic E-state index is 12.4. The molecule has 115 heavy (non-hydrogen) atoms. The number of rotatable bonds is 11. The first-order valence-electron chi connectivity index (χ1n) is 37.1. The van der Waals surface area contributed by atoms with E-state index in [1.165, 1.54) is 36.0 Å². The smallest absolute Gasteiger partial charge is 0.356 e. The third-order valence-electron chi connectivity index (χ3n) is 19.3. The van der Waals surface area contributed by atoms with Gasteiger partial charge in [0.2, 0.25) is 5.88 Å². The van der Waals surface area contributed by atoms with Gasteiger partial charge in [0.05, 0.1) is 87.7 Å². The highest BCUT2D eigenvalue weighted by Crippen LogP contribution is 2.26. The van der Waals surface area contributed by atoms with Gasteiger partial charge < -0.3 is 19.5 Å². The molecule has 7 aromatic carbocycles. The van der Waals surface area contributed by atoms with Crippen molar-refractivity contribution in [2.75, 3.05) is 25.6 Å². The number of carbonyl (C=O) groups excluding carboxylic acids is 1. The number of fused-ring (bicyclic) bond motifs is 8. The van der Waals surface area contributed by atoms with E-state index in [9.17, 15) is 28.8 Å². The van der Waals surface area contributed by atoms with Crippen molar-refractivity contribution < 1.29 is 19.0 Å². The second-order valence-electron chi connectivity index (χ2n) is 27.0. The number of nitrogens with one attached hydrogen (secondary N) is 8. The summed E-state index contributed by atoms with van der Waals surface area (Å²) >= 11 is 0. The Hall–Kier alpha value is -14.8. The van der Waals surface area contributed by atoms with Gasteiger partial charge in [0, 0.05) is 74.7 Å². The Balaban J connectivity index is 0.000000124. The van der Waals surface area contributed by atoms with Crippen LogP contribution in [0.1, 0.15) is 91.6 Å². The molecule has 0 amide bonds. The van der Waals surface area contributed by atoms with E-state index in [0.717, 1.165) is 107 Å². The fraction of sp³-hybridized carbons (Fsp3) is 0.198. The van der Waals surface area contributed by atoms with Crippen molar-refractivity contribution in [1.82, 2.24) is 92.9 Å². The maximum absolute atomic E-state index is 12.4. The monoisotopic (exact) mass is 1550 g/mol. The number of para-hydroxylation sites is 7. The molecular weight excluding hydrogens is 1460 g/mol. The third-order valence-corrected chi connectivity index (χ3v) is 19.3. The second kappa shape index (κ2) is 35.1. The number of anilines is 2. The molecule has 0 saturated heterocycles. The van der Waals surface area contributed by atoms with Crippen molar-refractivity contribution in [1.29, 1.82) is 0 Å². The standard InChI is InChI=1S/C17H17N3O.C13H14N2O3.C12H11N3O.C12H13N3O.C12H14N2O2.C11H11N3.C9H10N4O/c1-12-8-10-15(11-9-12)20-17(21)13(2)16(19-20)18-14-6-4-3-5-7-14;1-3-18-13(17)11-9(2)12(16)15(14-11)10-7-5-4-6-8-10;1-7-8(2)14-15-11(7)13-10-6-4-3-5-9(10)12(15)16;1-3-16-12-8(2)11-13-9-6-4-5-7-10(9)15(11)14-12;1-8-9(2)13-14(12(8)15)10-5-4-6-11(7-10)16-3;1-7-8(2)13-14-10-6-4-3-5-9(10)12-11(7)14;1-6-7(2)12-13(9(6)14)8-5-10-3-4-11-8/h3-11,18-19H,1-2H3;4-8,14H,3H2,1-2H3;3-6,14H,1-2H3;4-7,14H,3H2,1-2H3;4-7,13H,1-3H3;3-6,13H,1-2H3;3-5,12H,1-2H3. The lowest BCUT2D eigenvalue weighted by atomic mass is 10.2. The molecule has 11 heterocycles. The number of nitrogens with zero attached hydrogens (tertiary/aromatic N) is 12. The average molecular weight is 1550 g/mol. The topological polar surface area (TPSA) is 350 Å². The fourth-order valence-electron chi connectivity index (χ4n) is 12.3. The molecule has 0 atom stereocenters. The van der Waals surface area contributed by atoms with Gasteiger partial charge in [-0.15, -0.1) is 0 Å². The van der Waals surface area contributed by atoms with Gasteiger partial charge in [-0.25, -0.2) is 52.3 Å². The van der Waals surface area contributed by atoms with E-state index in [2.05, 4.69) is 85.8 Å². The molecule has 0 spiro atoms. The zero-order chi connectivity index (χ0) is 81.9. The molecule has 0 aliphatic carbocycles. The molecule has 29 nitrogen and oxygen atoms in total. The molecule has 588 valence electrons. The van der Waals surface area contributed by atoms with Crippen molar-refractivity contribution in [3.8, 4) is 34.5 Å². The van der Waals surface area contributed by atoms with Gasteiger partial charge in [-0.2, -0.15) is 4.68 Å². The molecule has 11 aromatic heterocycles. The van der Waals surface area contributed by atoms with Crippen LogP contribution in [0.3, 0.4) is 0 Å². The number of hydrogen-bond acceptors (Lipinski definition) is 15. The number of benzene rings is 7. The van der Waals surface area contributed by atoms with E-state index in [0.29, 0.717) is 51.7 Å². The summed E-state index contributed by atoms with van der Waals surface area (Å²) in [7, 11) is 1.60. The van der Waals surface area contributed by atoms with Crippen LogP contribution in [0.5, 0.6) is 11.6 Å². The number of ether oxygens (including phenoxy) is 3. The normalized spacial score (nSPS) is 10.8. The molecule has 0 bridgehead atoms. The Bertz CT molecular complexity index is 6770. The number of esters is 1. The molecule has 0 unspecified atom stereocenters. The van der Waals surface area contributed by atoms with Crippen molar-refractivity contribution in [3.63, 3.8) is 0 Å². The van der Waals surface area contributed by atoms with E-state index in [4.69, 9.17) is 14.2 Å². The number of methoxy groups -OCH3 is 1. The highest BCUT2D eigenvalue weighted by atomic mass is 16.5. The van der Waals surface area contributed by atoms with E-state index >= 15 is 0 Å². The van der Waals surface area contributed by atoms with Crippen molar-refractivity contribution in [3.05, 3.63) is 325 Å². The van der Waals surface area contributed by atoms with Crippen LogP contribution in [0.25, 0.3) is 72.8 Å². The molecular formula is C86H90N20O9. The number of H-pyrrole nitrogens is 7. The Morgan fingerprint density at radius 3 is 1.49 bits per heavy atom. The predicted molar refractivity (Wildman–Crippen MR) is 449 cm³/mol. The molecule has 0 saturated carbocycles. The number of aromatic nitrogens is 19. The first-order valence-corrected chi connectivity index (χ1v) is 37.1. The summed E-state index contributed by atoms with van der Waals surface area (Å²) < 4.78 is 26.8. The maximum Gasteiger partial charge on any atom is 0.356 e. The zero-order valence-electron chi connectivity index (χ0n) is 66.5. The summed E-state index contributed by atoms with van der Waals surface area (Å²) in [6.07, 6.45) is 4.65. The molecule has 18 aromatic rings. The minimum absolute atomic E-state index is 0.0225. The van der Waals surface area contributed by atoms with Gasteiger partial charge in [-0.05, 0) is 182 Å². The summed E-state index contributed by atoms with van der Waals surface area (Å²) in [5, 5.41) is 25.3. The molecule has 0 fully saturated rings. The first-order chi connectivity index (χ1) is 55.4. The zero-order valence-corrected chi connectivity index (χ0v) is 66.5. The SMILES string of the molecule is CCOC(=O)c1[nH]n(-c2ccccc2)c(=O)c1C.CCOc1[nH]n2c(nc3ccccc32)c1C.COc1cccc(-n2[nH]c(C)c(C)c2=O)c1.Cc1[nH]n(-c2cnccn2)c(=O)c1C.Cc1[nH]n2c(=O)c3ccccc3nc2c1C.Cc1[nH]n2c(nc3ccccc32)c1C.Cc1ccc(-n2[nH]c(Nc3ccccc3)c(C)c2=O)cc1. The summed E-state index contributed by atoms with van der Waals surface area (Å²) in [6.45, 7) is 27.5. The number of aryl methyl sites for hydroxylation is 8. The fourth-order valence-corrected chi connectivity index (χ4v) is 12.3. The predicted octanol–water partition coefficient (Wildman–Crippen LogP) is 14.3. The number of imidazole rings is 2. The number of aromatic amines is 7. The Kier molecular flexibility index (Phi) is 24.3. The van der Waals surface area contributed by atoms with Gasteiger partial charge in [-0.1, -0.05) is 96.6 Å². The highest BCUT2D eigenvalue weighted by Gasteiger charge is 2.20. The molecule has 29 heteroatoms. The largest absolute Gasteiger partial charge is 0.497 e. The van der Waals surface area contributed by atoms with E-state index in [1.807, 2.05) is 229 Å². The summed E-state index contributed by atoms with van der Waals surface area (Å²) in [5.74, 6) is 2.24. The lowest BCUT2D eigenvalue weighted by Crippen LogP contribution is -2.17. The van der Waals surface area contributed by atoms with E-state index in [1.54, 1.807) is 63.2 Å². The minimum Gasteiger partial charge on any atom is -0.497 e. The van der Waals surface area contributed by atoms with Gasteiger partial charge in [0.15, 0.2) is 22.8 Å². The molecule has 0 aliphatic rings. The van der Waals surface area contributed by atoms with Gasteiger partial charge in [0.1, 0.15) is 17.3 Å². The lowest BCUT2D eigenvalue weighted by Gasteiger charge is -2.05. The summed E-state index contributed by atoms with van der Waals surface area (Å²) in [6, 6.07) is 57.6. The van der Waals surface area contributed by atoms with Gasteiger partial charge in [-0.3, -0.25) is 64.6 Å². The van der Waals surface area contributed by atoms with E-state index in [-0.39, 0.29) is 40.1 Å². The van der Waals surface area contributed by atoms with Crippen LogP contribution in [-0.4, -0.2) is 119 Å². The van der Waals surface area contributed by atoms with Crippen LogP contribution in [-0.2, 0) is 4.74 Å². The number of carbonyl (C=O) groups is 1.